The summed E-state index contributed by atoms with van der Waals surface area (Å²) in [6, 6.07) is 1.86. The fraction of sp³-hybridized carbons (Fsp3) is 0.773. The van der Waals surface area contributed by atoms with Crippen molar-refractivity contribution in [3.63, 3.8) is 0 Å². The highest BCUT2D eigenvalue weighted by Gasteiger charge is 2.33. The Morgan fingerprint density at radius 3 is 2.48 bits per heavy atom. The fourth-order valence-electron chi connectivity index (χ4n) is 4.59. The van der Waals surface area contributed by atoms with Crippen LogP contribution in [0, 0.1) is 5.41 Å². The molecule has 1 saturated carbocycles. The zero-order valence-electron chi connectivity index (χ0n) is 19.2. The number of rotatable bonds is 10. The lowest BCUT2D eigenvalue weighted by Gasteiger charge is -2.34. The maximum Gasteiger partial charge on any atom is 0.225 e. The molecule has 0 atom stereocenters. The maximum absolute atomic E-state index is 5.34. The van der Waals surface area contributed by atoms with Gasteiger partial charge in [0.15, 0.2) is 5.96 Å². The molecule has 1 saturated heterocycles. The van der Waals surface area contributed by atoms with Crippen LogP contribution in [0.15, 0.2) is 23.5 Å². The number of ether oxygens (including phenoxy) is 1. The SMILES string of the molecule is CN=C(NCCCN1CCN(c2ncccn2)CC1)NCC1(CCOC)CCCC1.I. The van der Waals surface area contributed by atoms with Crippen molar-refractivity contribution in [2.45, 2.75) is 38.5 Å². The summed E-state index contributed by atoms with van der Waals surface area (Å²) in [7, 11) is 3.66. The van der Waals surface area contributed by atoms with Gasteiger partial charge in [0.25, 0.3) is 0 Å². The van der Waals surface area contributed by atoms with Gasteiger partial charge >= 0.3 is 0 Å². The summed E-state index contributed by atoms with van der Waals surface area (Å²) in [6.45, 7) is 7.98. The summed E-state index contributed by atoms with van der Waals surface area (Å²) in [5.41, 5.74) is 0.371. The molecule has 8 nitrogen and oxygen atoms in total. The van der Waals surface area contributed by atoms with E-state index in [9.17, 15) is 0 Å². The van der Waals surface area contributed by atoms with E-state index in [1.807, 2.05) is 25.5 Å². The molecule has 1 aliphatic heterocycles. The van der Waals surface area contributed by atoms with E-state index in [0.717, 1.165) is 77.2 Å². The zero-order chi connectivity index (χ0) is 21.1. The van der Waals surface area contributed by atoms with Crippen molar-refractivity contribution in [1.82, 2.24) is 25.5 Å². The first kappa shape index (κ1) is 26.1. The van der Waals surface area contributed by atoms with Gasteiger partial charge in [-0.2, -0.15) is 0 Å². The molecule has 0 spiro atoms. The molecule has 2 fully saturated rings. The van der Waals surface area contributed by atoms with Crippen LogP contribution in [0.5, 0.6) is 0 Å². The van der Waals surface area contributed by atoms with E-state index in [1.165, 1.54) is 25.7 Å². The van der Waals surface area contributed by atoms with Gasteiger partial charge in [-0.25, -0.2) is 9.97 Å². The normalized spacial score (nSPS) is 19.2. The Balaban J connectivity index is 0.00000341. The standard InChI is InChI=1S/C22H39N7O.HI/c1-23-20(27-19-22(9-18-30-2)7-3-4-8-22)24-12-6-13-28-14-16-29(17-15-28)21-25-10-5-11-26-21;/h5,10-11H,3-4,6-9,12-19H2,1-2H3,(H2,23,24,27);1H. The number of nitrogens with zero attached hydrogens (tertiary/aromatic N) is 5. The molecule has 9 heteroatoms. The van der Waals surface area contributed by atoms with E-state index in [2.05, 4.69) is 35.4 Å². The molecule has 0 amide bonds. The third kappa shape index (κ3) is 8.34. The van der Waals surface area contributed by atoms with Gasteiger partial charge in [-0.3, -0.25) is 9.89 Å². The van der Waals surface area contributed by atoms with Gasteiger partial charge in [0.2, 0.25) is 5.95 Å². The number of nitrogens with one attached hydrogen (secondary N) is 2. The highest BCUT2D eigenvalue weighted by Crippen LogP contribution is 2.40. The topological polar surface area (TPSA) is 77.9 Å². The number of methoxy groups -OCH3 is 1. The molecule has 31 heavy (non-hydrogen) atoms. The largest absolute Gasteiger partial charge is 0.385 e. The van der Waals surface area contributed by atoms with Crippen LogP contribution >= 0.6 is 24.0 Å². The molecule has 1 aromatic heterocycles. The van der Waals surface area contributed by atoms with Gasteiger partial charge in [0.05, 0.1) is 0 Å². The molecule has 3 rings (SSSR count). The minimum Gasteiger partial charge on any atom is -0.385 e. The van der Waals surface area contributed by atoms with E-state index in [1.54, 1.807) is 7.11 Å². The summed E-state index contributed by atoms with van der Waals surface area (Å²) in [6.07, 6.45) is 11.1. The van der Waals surface area contributed by atoms with Gasteiger partial charge in [-0.1, -0.05) is 12.8 Å². The van der Waals surface area contributed by atoms with E-state index in [4.69, 9.17) is 4.74 Å². The minimum atomic E-state index is 0. The van der Waals surface area contributed by atoms with Gasteiger partial charge in [-0.15, -0.1) is 24.0 Å². The first-order valence-corrected chi connectivity index (χ1v) is 11.4. The number of piperazine rings is 1. The minimum absolute atomic E-state index is 0. The van der Waals surface area contributed by atoms with Crippen LogP contribution in [0.25, 0.3) is 0 Å². The molecule has 1 aliphatic carbocycles. The molecule has 2 N–H and O–H groups in total. The van der Waals surface area contributed by atoms with Crippen LogP contribution in [0.4, 0.5) is 5.95 Å². The Labute approximate surface area is 204 Å². The average molecular weight is 546 g/mol. The van der Waals surface area contributed by atoms with Crippen LogP contribution in [-0.4, -0.2) is 87.4 Å². The van der Waals surface area contributed by atoms with Crippen molar-refractivity contribution in [3.8, 4) is 0 Å². The number of guanidine groups is 1. The molecule has 2 aliphatic rings. The van der Waals surface area contributed by atoms with Crippen LogP contribution in [-0.2, 0) is 4.74 Å². The molecule has 0 aromatic carbocycles. The molecule has 0 radical (unpaired) electrons. The van der Waals surface area contributed by atoms with Crippen LogP contribution in [0.3, 0.4) is 0 Å². The monoisotopic (exact) mass is 545 g/mol. The molecule has 0 unspecified atom stereocenters. The van der Waals surface area contributed by atoms with Crippen molar-refractivity contribution in [2.24, 2.45) is 10.4 Å². The summed E-state index contributed by atoms with van der Waals surface area (Å²) < 4.78 is 5.34. The van der Waals surface area contributed by atoms with Gasteiger partial charge in [-0.05, 0) is 43.7 Å². The van der Waals surface area contributed by atoms with E-state index in [0.29, 0.717) is 5.41 Å². The Kier molecular flexibility index (Phi) is 11.8. The third-order valence-corrected chi connectivity index (χ3v) is 6.51. The van der Waals surface area contributed by atoms with Crippen molar-refractivity contribution >= 4 is 35.9 Å². The van der Waals surface area contributed by atoms with Crippen LogP contribution < -0.4 is 15.5 Å². The second-order valence-corrected chi connectivity index (χ2v) is 8.53. The lowest BCUT2D eigenvalue weighted by atomic mass is 9.83. The first-order valence-electron chi connectivity index (χ1n) is 11.4. The molecule has 1 aromatic rings. The molecule has 0 bridgehead atoms. The van der Waals surface area contributed by atoms with E-state index < -0.39 is 0 Å². The first-order chi connectivity index (χ1) is 14.7. The second kappa shape index (κ2) is 14.1. The number of halogens is 1. The Morgan fingerprint density at radius 2 is 1.84 bits per heavy atom. The summed E-state index contributed by atoms with van der Waals surface area (Å²) in [5.74, 6) is 1.77. The second-order valence-electron chi connectivity index (χ2n) is 8.53. The van der Waals surface area contributed by atoms with E-state index in [-0.39, 0.29) is 24.0 Å². The smallest absolute Gasteiger partial charge is 0.225 e. The Hall–Kier alpha value is -1.20. The lowest BCUT2D eigenvalue weighted by Crippen LogP contribution is -2.48. The Bertz CT molecular complexity index is 632. The van der Waals surface area contributed by atoms with Gasteiger partial charge in [0.1, 0.15) is 0 Å². The third-order valence-electron chi connectivity index (χ3n) is 6.51. The number of aliphatic imine (C=N–C) groups is 1. The number of aromatic nitrogens is 2. The lowest BCUT2D eigenvalue weighted by molar-refractivity contribution is 0.138. The molecular weight excluding hydrogens is 505 g/mol. The van der Waals surface area contributed by atoms with Gasteiger partial charge in [0, 0.05) is 72.4 Å². The summed E-state index contributed by atoms with van der Waals surface area (Å²) in [4.78, 5) is 17.9. The van der Waals surface area contributed by atoms with Crippen molar-refractivity contribution in [2.75, 3.05) is 71.5 Å². The summed E-state index contributed by atoms with van der Waals surface area (Å²) >= 11 is 0. The van der Waals surface area contributed by atoms with E-state index >= 15 is 0 Å². The van der Waals surface area contributed by atoms with Gasteiger partial charge < -0.3 is 20.3 Å². The maximum atomic E-state index is 5.34. The van der Waals surface area contributed by atoms with Crippen LogP contribution in [0.2, 0.25) is 0 Å². The average Bonchev–Trinajstić information content (AvgIpc) is 3.27. The number of hydrogen-bond acceptors (Lipinski definition) is 6. The molecule has 2 heterocycles. The number of hydrogen-bond donors (Lipinski definition) is 2. The van der Waals surface area contributed by atoms with Crippen molar-refractivity contribution in [3.05, 3.63) is 18.5 Å². The number of anilines is 1. The molecular formula is C22H40IN7O. The zero-order valence-corrected chi connectivity index (χ0v) is 21.5. The summed E-state index contributed by atoms with van der Waals surface area (Å²) in [5, 5.41) is 7.06. The van der Waals surface area contributed by atoms with Crippen molar-refractivity contribution < 1.29 is 4.74 Å². The highest BCUT2D eigenvalue weighted by molar-refractivity contribution is 14.0. The predicted octanol–water partition coefficient (Wildman–Crippen LogP) is 2.37. The predicted molar refractivity (Wildman–Crippen MR) is 137 cm³/mol. The van der Waals surface area contributed by atoms with Crippen LogP contribution in [0.1, 0.15) is 38.5 Å². The quantitative estimate of drug-likeness (QED) is 0.202. The molecule has 176 valence electrons. The highest BCUT2D eigenvalue weighted by atomic mass is 127. The Morgan fingerprint density at radius 1 is 1.13 bits per heavy atom. The fourth-order valence-corrected chi connectivity index (χ4v) is 4.59. The van der Waals surface area contributed by atoms with Crippen molar-refractivity contribution in [1.29, 1.82) is 0 Å².